The third-order valence-corrected chi connectivity index (χ3v) is 4.62. The van der Waals surface area contributed by atoms with E-state index in [4.69, 9.17) is 5.84 Å². The fourth-order valence-electron chi connectivity index (χ4n) is 3.59. The molecule has 1 aromatic carbocycles. The number of rotatable bonds is 6. The summed E-state index contributed by atoms with van der Waals surface area (Å²) in [5.74, 6) is 5.88. The van der Waals surface area contributed by atoms with Crippen molar-refractivity contribution in [3.63, 3.8) is 0 Å². The van der Waals surface area contributed by atoms with Gasteiger partial charge in [-0.25, -0.2) is 0 Å². The van der Waals surface area contributed by atoms with Crippen molar-refractivity contribution in [3.05, 3.63) is 48.6 Å². The molecule has 1 saturated carbocycles. The third kappa shape index (κ3) is 3.07. The summed E-state index contributed by atoms with van der Waals surface area (Å²) < 4.78 is 0. The predicted molar refractivity (Wildman–Crippen MR) is 81.7 cm³/mol. The van der Waals surface area contributed by atoms with Gasteiger partial charge in [-0.3, -0.25) is 11.3 Å². The zero-order chi connectivity index (χ0) is 13.6. The molecule has 1 aliphatic carbocycles. The van der Waals surface area contributed by atoms with E-state index < -0.39 is 0 Å². The van der Waals surface area contributed by atoms with Gasteiger partial charge in [0.25, 0.3) is 0 Å². The van der Waals surface area contributed by atoms with Crippen LogP contribution in [0.4, 0.5) is 0 Å². The van der Waals surface area contributed by atoms with Crippen molar-refractivity contribution < 1.29 is 0 Å². The Labute approximate surface area is 117 Å². The molecule has 0 saturated heterocycles. The Morgan fingerprint density at radius 2 is 1.89 bits per heavy atom. The summed E-state index contributed by atoms with van der Waals surface area (Å²) >= 11 is 0. The minimum Gasteiger partial charge on any atom is -0.271 e. The van der Waals surface area contributed by atoms with Gasteiger partial charge >= 0.3 is 0 Å². The monoisotopic (exact) mass is 258 g/mol. The molecule has 19 heavy (non-hydrogen) atoms. The van der Waals surface area contributed by atoms with E-state index in [2.05, 4.69) is 42.3 Å². The predicted octanol–water partition coefficient (Wildman–Crippen LogP) is 3.69. The molecular formula is C17H26N2. The van der Waals surface area contributed by atoms with E-state index in [1.807, 2.05) is 6.08 Å². The van der Waals surface area contributed by atoms with Crippen molar-refractivity contribution in [2.75, 3.05) is 0 Å². The number of hydrogen-bond donors (Lipinski definition) is 2. The molecule has 1 unspecified atom stereocenters. The SMILES string of the molecule is C=CCCC(NN)C1(c2ccccc2)CCCCC1. The third-order valence-electron chi connectivity index (χ3n) is 4.62. The molecule has 0 amide bonds. The summed E-state index contributed by atoms with van der Waals surface area (Å²) in [4.78, 5) is 0. The van der Waals surface area contributed by atoms with Gasteiger partial charge in [0, 0.05) is 11.5 Å². The van der Waals surface area contributed by atoms with Crippen molar-refractivity contribution in [2.24, 2.45) is 5.84 Å². The van der Waals surface area contributed by atoms with E-state index in [0.29, 0.717) is 6.04 Å². The van der Waals surface area contributed by atoms with Crippen LogP contribution in [0.2, 0.25) is 0 Å². The van der Waals surface area contributed by atoms with Gasteiger partial charge in [-0.15, -0.1) is 6.58 Å². The van der Waals surface area contributed by atoms with Crippen LogP contribution in [0.15, 0.2) is 43.0 Å². The minimum atomic E-state index is 0.206. The Bertz CT molecular complexity index is 380. The first-order valence-electron chi connectivity index (χ1n) is 7.46. The van der Waals surface area contributed by atoms with Crippen LogP contribution in [-0.4, -0.2) is 6.04 Å². The fraction of sp³-hybridized carbons (Fsp3) is 0.529. The van der Waals surface area contributed by atoms with E-state index in [0.717, 1.165) is 12.8 Å². The Morgan fingerprint density at radius 1 is 1.21 bits per heavy atom. The molecule has 0 bridgehead atoms. The van der Waals surface area contributed by atoms with Crippen LogP contribution < -0.4 is 11.3 Å². The van der Waals surface area contributed by atoms with E-state index in [9.17, 15) is 0 Å². The highest BCUT2D eigenvalue weighted by Crippen LogP contribution is 2.43. The van der Waals surface area contributed by atoms with Gasteiger partial charge in [-0.2, -0.15) is 0 Å². The quantitative estimate of drug-likeness (QED) is 0.464. The molecule has 0 aromatic heterocycles. The normalized spacial score (nSPS) is 19.8. The van der Waals surface area contributed by atoms with Crippen LogP contribution in [0.25, 0.3) is 0 Å². The number of hydrogen-bond acceptors (Lipinski definition) is 2. The summed E-state index contributed by atoms with van der Waals surface area (Å²) in [6.45, 7) is 3.84. The maximum Gasteiger partial charge on any atom is 0.0310 e. The molecule has 0 radical (unpaired) electrons. The van der Waals surface area contributed by atoms with Gasteiger partial charge in [0.1, 0.15) is 0 Å². The Kier molecular flexibility index (Phi) is 5.17. The second kappa shape index (κ2) is 6.88. The zero-order valence-electron chi connectivity index (χ0n) is 11.8. The number of benzene rings is 1. The van der Waals surface area contributed by atoms with Crippen LogP contribution in [0.3, 0.4) is 0 Å². The van der Waals surface area contributed by atoms with Crippen molar-refractivity contribution in [1.29, 1.82) is 0 Å². The number of allylic oxidation sites excluding steroid dienone is 1. The zero-order valence-corrected chi connectivity index (χ0v) is 11.8. The van der Waals surface area contributed by atoms with E-state index in [1.165, 1.54) is 37.7 Å². The van der Waals surface area contributed by atoms with E-state index >= 15 is 0 Å². The Balaban J connectivity index is 2.30. The molecule has 1 atom stereocenters. The largest absolute Gasteiger partial charge is 0.271 e. The highest BCUT2D eigenvalue weighted by atomic mass is 15.2. The van der Waals surface area contributed by atoms with Crippen molar-refractivity contribution in [3.8, 4) is 0 Å². The summed E-state index contributed by atoms with van der Waals surface area (Å²) in [6.07, 6.45) is 10.5. The standard InChI is InChI=1S/C17H26N2/c1-2-3-12-16(19-18)17(13-8-5-9-14-17)15-10-6-4-7-11-15/h2,4,6-7,10-11,16,19H,1,3,5,8-9,12-14,18H2. The van der Waals surface area contributed by atoms with E-state index in [-0.39, 0.29) is 5.41 Å². The Hall–Kier alpha value is -1.12. The molecule has 0 heterocycles. The lowest BCUT2D eigenvalue weighted by Crippen LogP contribution is -2.52. The van der Waals surface area contributed by atoms with Gasteiger partial charge < -0.3 is 0 Å². The maximum absolute atomic E-state index is 5.88. The average Bonchev–Trinajstić information content (AvgIpc) is 2.50. The highest BCUT2D eigenvalue weighted by molar-refractivity contribution is 5.28. The first-order valence-corrected chi connectivity index (χ1v) is 7.46. The van der Waals surface area contributed by atoms with Crippen LogP contribution in [-0.2, 0) is 5.41 Å². The van der Waals surface area contributed by atoms with Gasteiger partial charge in [-0.1, -0.05) is 55.7 Å². The molecule has 3 N–H and O–H groups in total. The van der Waals surface area contributed by atoms with Gasteiger partial charge in [0.2, 0.25) is 0 Å². The first-order chi connectivity index (χ1) is 9.33. The number of nitrogens with one attached hydrogen (secondary N) is 1. The Morgan fingerprint density at radius 3 is 2.47 bits per heavy atom. The molecule has 1 fully saturated rings. The molecular weight excluding hydrogens is 232 g/mol. The molecule has 2 heteroatoms. The smallest absolute Gasteiger partial charge is 0.0310 e. The molecule has 1 aliphatic rings. The van der Waals surface area contributed by atoms with Gasteiger partial charge in [0.05, 0.1) is 0 Å². The maximum atomic E-state index is 5.88. The van der Waals surface area contributed by atoms with Crippen molar-refractivity contribution >= 4 is 0 Å². The lowest BCUT2D eigenvalue weighted by atomic mass is 9.64. The molecule has 0 spiro atoms. The topological polar surface area (TPSA) is 38.0 Å². The fourth-order valence-corrected chi connectivity index (χ4v) is 3.59. The highest BCUT2D eigenvalue weighted by Gasteiger charge is 2.40. The summed E-state index contributed by atoms with van der Waals surface area (Å²) in [6, 6.07) is 11.3. The van der Waals surface area contributed by atoms with Crippen LogP contribution in [0.5, 0.6) is 0 Å². The summed E-state index contributed by atoms with van der Waals surface area (Å²) in [5, 5.41) is 0. The van der Waals surface area contributed by atoms with Crippen LogP contribution >= 0.6 is 0 Å². The van der Waals surface area contributed by atoms with Crippen molar-refractivity contribution in [1.82, 2.24) is 5.43 Å². The van der Waals surface area contributed by atoms with Gasteiger partial charge in [-0.05, 0) is 31.2 Å². The average molecular weight is 258 g/mol. The lowest BCUT2D eigenvalue weighted by molar-refractivity contribution is 0.205. The van der Waals surface area contributed by atoms with Crippen LogP contribution in [0.1, 0.15) is 50.5 Å². The molecule has 0 aliphatic heterocycles. The van der Waals surface area contributed by atoms with Crippen molar-refractivity contribution in [2.45, 2.75) is 56.4 Å². The second-order valence-corrected chi connectivity index (χ2v) is 5.67. The lowest BCUT2D eigenvalue weighted by Gasteiger charge is -2.44. The van der Waals surface area contributed by atoms with Gasteiger partial charge in [0.15, 0.2) is 0 Å². The molecule has 104 valence electrons. The van der Waals surface area contributed by atoms with Crippen LogP contribution in [0, 0.1) is 0 Å². The molecule has 1 aromatic rings. The number of nitrogens with two attached hydrogens (primary N) is 1. The van der Waals surface area contributed by atoms with E-state index in [1.54, 1.807) is 0 Å². The summed E-state index contributed by atoms with van der Waals surface area (Å²) in [5.41, 5.74) is 4.75. The summed E-state index contributed by atoms with van der Waals surface area (Å²) in [7, 11) is 0. The minimum absolute atomic E-state index is 0.206. The second-order valence-electron chi connectivity index (χ2n) is 5.67. The molecule has 2 rings (SSSR count). The molecule has 2 nitrogen and oxygen atoms in total. The first kappa shape index (κ1) is 14.3. The number of hydrazine groups is 1.